The van der Waals surface area contributed by atoms with Crippen LogP contribution < -0.4 is 10.1 Å². The number of carbonyl (C=O) groups excluding carboxylic acids is 1. The topological polar surface area (TPSA) is 115 Å². The fourth-order valence-corrected chi connectivity index (χ4v) is 4.14. The van der Waals surface area contributed by atoms with Crippen LogP contribution in [0.25, 0.3) is 10.9 Å². The van der Waals surface area contributed by atoms with Crippen molar-refractivity contribution in [2.45, 2.75) is 26.3 Å². The summed E-state index contributed by atoms with van der Waals surface area (Å²) in [6.45, 7) is 3.42. The van der Waals surface area contributed by atoms with Crippen molar-refractivity contribution in [3.63, 3.8) is 0 Å². The van der Waals surface area contributed by atoms with Crippen LogP contribution in [0.5, 0.6) is 5.75 Å². The first-order chi connectivity index (χ1) is 15.9. The Balaban J connectivity index is 1.57. The van der Waals surface area contributed by atoms with Crippen LogP contribution in [0.1, 0.15) is 28.4 Å². The quantitative estimate of drug-likeness (QED) is 0.314. The summed E-state index contributed by atoms with van der Waals surface area (Å²) in [4.78, 5) is 26.8. The molecule has 4 aromatic rings. The summed E-state index contributed by atoms with van der Waals surface area (Å²) in [7, 11) is 1.62. The Hall–Kier alpha value is -4.14. The molecule has 2 aromatic carbocycles. The van der Waals surface area contributed by atoms with Crippen LogP contribution in [0.15, 0.2) is 54.7 Å². The van der Waals surface area contributed by atoms with Gasteiger partial charge in [0.25, 0.3) is 0 Å². The van der Waals surface area contributed by atoms with Crippen molar-refractivity contribution in [1.29, 1.82) is 0 Å². The fraction of sp³-hybridized carbons (Fsp3) is 0.250. The molecule has 0 saturated heterocycles. The standard InChI is InChI=1S/C24H25N5O4/c1-15-24(29(31)32)16(2)28(27-15)14-23(30)26-12-20(17-8-10-18(33-3)11-9-17)21-13-25-22-7-5-4-6-19(21)22/h4-11,13,20,25H,12,14H2,1-3H3,(H,26,30). The highest BCUT2D eigenvalue weighted by atomic mass is 16.6. The van der Waals surface area contributed by atoms with Crippen molar-refractivity contribution in [3.8, 4) is 5.75 Å². The number of fused-ring (bicyclic) bond motifs is 1. The molecule has 1 atom stereocenters. The number of nitrogens with one attached hydrogen (secondary N) is 2. The summed E-state index contributed by atoms with van der Waals surface area (Å²) in [6.07, 6.45) is 1.97. The largest absolute Gasteiger partial charge is 0.497 e. The molecule has 0 spiro atoms. The average Bonchev–Trinajstić information content (AvgIpc) is 3.35. The van der Waals surface area contributed by atoms with Crippen molar-refractivity contribution in [2.24, 2.45) is 0 Å². The smallest absolute Gasteiger partial charge is 0.312 e. The van der Waals surface area contributed by atoms with Gasteiger partial charge in [-0.2, -0.15) is 5.10 Å². The molecule has 0 aliphatic rings. The summed E-state index contributed by atoms with van der Waals surface area (Å²) in [5.74, 6) is 0.381. The van der Waals surface area contributed by atoms with Crippen LogP contribution in [-0.2, 0) is 11.3 Å². The van der Waals surface area contributed by atoms with Gasteiger partial charge in [-0.3, -0.25) is 19.6 Å². The molecule has 170 valence electrons. The first-order valence-corrected chi connectivity index (χ1v) is 10.5. The molecule has 2 N–H and O–H groups in total. The number of carbonyl (C=O) groups is 1. The van der Waals surface area contributed by atoms with E-state index in [4.69, 9.17) is 4.74 Å². The van der Waals surface area contributed by atoms with Crippen LogP contribution in [0.2, 0.25) is 0 Å². The molecule has 0 aliphatic carbocycles. The molecule has 2 aromatic heterocycles. The van der Waals surface area contributed by atoms with E-state index in [-0.39, 0.29) is 24.1 Å². The van der Waals surface area contributed by atoms with Crippen LogP contribution in [-0.4, -0.2) is 39.2 Å². The predicted octanol–water partition coefficient (Wildman–Crippen LogP) is 3.85. The Morgan fingerprint density at radius 3 is 2.61 bits per heavy atom. The predicted molar refractivity (Wildman–Crippen MR) is 125 cm³/mol. The molecule has 9 nitrogen and oxygen atoms in total. The van der Waals surface area contributed by atoms with Gasteiger partial charge in [0.05, 0.1) is 12.0 Å². The number of nitro groups is 1. The molecule has 0 saturated carbocycles. The van der Waals surface area contributed by atoms with Gasteiger partial charge in [-0.1, -0.05) is 30.3 Å². The SMILES string of the molecule is COc1ccc(C(CNC(=O)Cn2nc(C)c([N+](=O)[O-])c2C)c2c[nH]c3ccccc23)cc1. The number of hydrogen-bond acceptors (Lipinski definition) is 5. The van der Waals surface area contributed by atoms with Gasteiger partial charge in [-0.15, -0.1) is 0 Å². The van der Waals surface area contributed by atoms with Gasteiger partial charge in [0.15, 0.2) is 0 Å². The second kappa shape index (κ2) is 9.15. The maximum Gasteiger partial charge on any atom is 0.312 e. The lowest BCUT2D eigenvalue weighted by Gasteiger charge is -2.19. The van der Waals surface area contributed by atoms with Gasteiger partial charge in [0.1, 0.15) is 23.7 Å². The Kier molecular flexibility index (Phi) is 6.12. The van der Waals surface area contributed by atoms with E-state index in [1.54, 1.807) is 21.0 Å². The molecule has 0 radical (unpaired) electrons. The number of aryl methyl sites for hydroxylation is 1. The third-order valence-electron chi connectivity index (χ3n) is 5.84. The number of para-hydroxylation sites is 1. The van der Waals surface area contributed by atoms with E-state index in [1.807, 2.05) is 48.7 Å². The second-order valence-corrected chi connectivity index (χ2v) is 7.85. The molecular weight excluding hydrogens is 422 g/mol. The van der Waals surface area contributed by atoms with Gasteiger partial charge >= 0.3 is 5.69 Å². The van der Waals surface area contributed by atoms with E-state index in [9.17, 15) is 14.9 Å². The van der Waals surface area contributed by atoms with Crippen molar-refractivity contribution >= 4 is 22.5 Å². The van der Waals surface area contributed by atoms with Crippen LogP contribution >= 0.6 is 0 Å². The number of nitrogens with zero attached hydrogens (tertiary/aromatic N) is 3. The fourth-order valence-electron chi connectivity index (χ4n) is 4.14. The number of amides is 1. The summed E-state index contributed by atoms with van der Waals surface area (Å²) < 4.78 is 6.65. The van der Waals surface area contributed by atoms with Gasteiger partial charge < -0.3 is 15.0 Å². The summed E-state index contributed by atoms with van der Waals surface area (Å²) in [5, 5.41) is 19.5. The Bertz CT molecular complexity index is 1310. The van der Waals surface area contributed by atoms with E-state index >= 15 is 0 Å². The first-order valence-electron chi connectivity index (χ1n) is 10.5. The average molecular weight is 447 g/mol. The van der Waals surface area contributed by atoms with Crippen LogP contribution in [0, 0.1) is 24.0 Å². The van der Waals surface area contributed by atoms with E-state index in [1.165, 1.54) is 4.68 Å². The van der Waals surface area contributed by atoms with Crippen molar-refractivity contribution < 1.29 is 14.5 Å². The number of aromatic amines is 1. The minimum atomic E-state index is -0.469. The molecule has 0 aliphatic heterocycles. The molecule has 2 heterocycles. The number of methoxy groups -OCH3 is 1. The van der Waals surface area contributed by atoms with E-state index < -0.39 is 4.92 Å². The Morgan fingerprint density at radius 1 is 1.21 bits per heavy atom. The number of H-pyrrole nitrogens is 1. The van der Waals surface area contributed by atoms with Crippen molar-refractivity contribution in [1.82, 2.24) is 20.1 Å². The van der Waals surface area contributed by atoms with Crippen molar-refractivity contribution in [3.05, 3.63) is 87.4 Å². The zero-order valence-electron chi connectivity index (χ0n) is 18.7. The van der Waals surface area contributed by atoms with Gasteiger partial charge in [-0.05, 0) is 43.2 Å². The van der Waals surface area contributed by atoms with Gasteiger partial charge in [0.2, 0.25) is 5.91 Å². The number of aromatic nitrogens is 3. The van der Waals surface area contributed by atoms with Crippen LogP contribution in [0.4, 0.5) is 5.69 Å². The Labute approximate surface area is 190 Å². The molecule has 0 fully saturated rings. The normalized spacial score (nSPS) is 12.0. The van der Waals surface area contributed by atoms with Crippen LogP contribution in [0.3, 0.4) is 0 Å². The molecular formula is C24H25N5O4. The number of hydrogen-bond donors (Lipinski definition) is 2. The number of rotatable bonds is 8. The minimum absolute atomic E-state index is 0.0577. The summed E-state index contributed by atoms with van der Waals surface area (Å²) >= 11 is 0. The van der Waals surface area contributed by atoms with E-state index in [0.717, 1.165) is 27.8 Å². The van der Waals surface area contributed by atoms with Gasteiger partial charge in [-0.25, -0.2) is 0 Å². The summed E-state index contributed by atoms with van der Waals surface area (Å²) in [5.41, 5.74) is 3.71. The zero-order valence-corrected chi connectivity index (χ0v) is 18.7. The van der Waals surface area contributed by atoms with Crippen molar-refractivity contribution in [2.75, 3.05) is 13.7 Å². The second-order valence-electron chi connectivity index (χ2n) is 7.85. The number of benzene rings is 2. The Morgan fingerprint density at radius 2 is 1.94 bits per heavy atom. The highest BCUT2D eigenvalue weighted by Crippen LogP contribution is 2.31. The van der Waals surface area contributed by atoms with E-state index in [2.05, 4.69) is 21.5 Å². The molecule has 4 rings (SSSR count). The number of ether oxygens (including phenoxy) is 1. The highest BCUT2D eigenvalue weighted by Gasteiger charge is 2.24. The minimum Gasteiger partial charge on any atom is -0.497 e. The summed E-state index contributed by atoms with van der Waals surface area (Å²) in [6, 6.07) is 15.8. The van der Waals surface area contributed by atoms with E-state index in [0.29, 0.717) is 17.9 Å². The lowest BCUT2D eigenvalue weighted by molar-refractivity contribution is -0.386. The highest BCUT2D eigenvalue weighted by molar-refractivity contribution is 5.84. The third-order valence-corrected chi connectivity index (χ3v) is 5.84. The maximum absolute atomic E-state index is 12.8. The molecule has 1 amide bonds. The maximum atomic E-state index is 12.8. The molecule has 0 bridgehead atoms. The lowest BCUT2D eigenvalue weighted by atomic mass is 9.91. The van der Waals surface area contributed by atoms with Gasteiger partial charge in [0, 0.05) is 29.6 Å². The zero-order chi connectivity index (χ0) is 23.5. The molecule has 1 unspecified atom stereocenters. The third kappa shape index (κ3) is 4.43. The molecule has 9 heteroatoms. The lowest BCUT2D eigenvalue weighted by Crippen LogP contribution is -2.32. The molecule has 33 heavy (non-hydrogen) atoms. The monoisotopic (exact) mass is 447 g/mol. The first kappa shape index (κ1) is 22.1.